The number of anilines is 1. The van der Waals surface area contributed by atoms with E-state index in [0.717, 1.165) is 29.3 Å². The molecule has 0 spiro atoms. The van der Waals surface area contributed by atoms with E-state index in [2.05, 4.69) is 14.5 Å². The highest BCUT2D eigenvalue weighted by molar-refractivity contribution is 7.92. The molecule has 148 valence electrons. The van der Waals surface area contributed by atoms with E-state index >= 15 is 0 Å². The maximum atomic E-state index is 13.1. The van der Waals surface area contributed by atoms with Crippen LogP contribution in [-0.2, 0) is 16.0 Å². The molecule has 5 nitrogen and oxygen atoms in total. The predicted molar refractivity (Wildman–Crippen MR) is 97.6 cm³/mol. The zero-order chi connectivity index (χ0) is 19.9. The molecule has 0 atom stereocenters. The molecule has 27 heavy (non-hydrogen) atoms. The van der Waals surface area contributed by atoms with Crippen molar-refractivity contribution >= 4 is 26.4 Å². The van der Waals surface area contributed by atoms with E-state index in [0.29, 0.717) is 25.9 Å². The number of sulfone groups is 1. The monoisotopic (exact) mass is 419 g/mol. The first-order valence-corrected chi connectivity index (χ1v) is 10.7. The van der Waals surface area contributed by atoms with Crippen LogP contribution in [0.5, 0.6) is 0 Å². The summed E-state index contributed by atoms with van der Waals surface area (Å²) in [6, 6.07) is 3.75. The Kier molecular flexibility index (Phi) is 5.24. The topological polar surface area (TPSA) is 63.2 Å². The second-order valence-corrected chi connectivity index (χ2v) is 10.4. The summed E-state index contributed by atoms with van der Waals surface area (Å²) >= 11 is 1.30. The Morgan fingerprint density at radius 3 is 2.19 bits per heavy atom. The van der Waals surface area contributed by atoms with Crippen LogP contribution in [-0.4, -0.2) is 35.8 Å². The Labute approximate surface area is 160 Å². The van der Waals surface area contributed by atoms with Gasteiger partial charge in [0.1, 0.15) is 5.00 Å². The van der Waals surface area contributed by atoms with Gasteiger partial charge in [-0.05, 0) is 56.9 Å². The summed E-state index contributed by atoms with van der Waals surface area (Å²) < 4.78 is 67.2. The standard InChI is InChI=1S/C17H20F3N3O2S2/c1-16(2,12-7-9-23(10-8-12)15-11-21-22-26-15)27(24,25)14-5-3-13(4-6-14)17(18,19)20/h3-6,11-12H,7-10H2,1-2H3. The van der Waals surface area contributed by atoms with Gasteiger partial charge in [0.15, 0.2) is 9.84 Å². The average Bonchev–Trinajstić information content (AvgIpc) is 3.16. The predicted octanol–water partition coefficient (Wildman–Crippen LogP) is 4.03. The van der Waals surface area contributed by atoms with Crippen LogP contribution in [0, 0.1) is 5.92 Å². The Morgan fingerprint density at radius 1 is 1.11 bits per heavy atom. The van der Waals surface area contributed by atoms with Crippen molar-refractivity contribution < 1.29 is 21.6 Å². The molecule has 1 saturated heterocycles. The van der Waals surface area contributed by atoms with Gasteiger partial charge in [-0.3, -0.25) is 0 Å². The molecule has 1 aromatic heterocycles. The number of halogens is 3. The van der Waals surface area contributed by atoms with Gasteiger partial charge in [0, 0.05) is 24.6 Å². The quantitative estimate of drug-likeness (QED) is 0.749. The van der Waals surface area contributed by atoms with E-state index in [4.69, 9.17) is 0 Å². The van der Waals surface area contributed by atoms with Crippen molar-refractivity contribution in [3.63, 3.8) is 0 Å². The van der Waals surface area contributed by atoms with Crippen LogP contribution in [0.4, 0.5) is 18.2 Å². The molecule has 1 aliphatic rings. The Balaban J connectivity index is 1.77. The highest BCUT2D eigenvalue weighted by Crippen LogP contribution is 2.39. The maximum Gasteiger partial charge on any atom is 0.416 e. The molecule has 0 saturated carbocycles. The fourth-order valence-corrected chi connectivity index (χ4v) is 5.79. The number of piperidine rings is 1. The highest BCUT2D eigenvalue weighted by Gasteiger charge is 2.44. The summed E-state index contributed by atoms with van der Waals surface area (Å²) in [7, 11) is -3.78. The molecule has 1 fully saturated rings. The van der Waals surface area contributed by atoms with Gasteiger partial charge in [-0.25, -0.2) is 8.42 Å². The van der Waals surface area contributed by atoms with Crippen molar-refractivity contribution in [2.45, 2.75) is 42.5 Å². The number of hydrogen-bond donors (Lipinski definition) is 0. The largest absolute Gasteiger partial charge is 0.416 e. The van der Waals surface area contributed by atoms with Gasteiger partial charge < -0.3 is 4.90 Å². The number of aromatic nitrogens is 2. The van der Waals surface area contributed by atoms with Gasteiger partial charge in [0.2, 0.25) is 0 Å². The Bertz CT molecular complexity index is 871. The number of rotatable bonds is 4. The van der Waals surface area contributed by atoms with Gasteiger partial charge in [0.05, 0.1) is 21.4 Å². The second-order valence-electron chi connectivity index (χ2n) is 7.15. The molecule has 0 radical (unpaired) electrons. The molecular formula is C17H20F3N3O2S2. The van der Waals surface area contributed by atoms with Crippen molar-refractivity contribution in [2.75, 3.05) is 18.0 Å². The maximum absolute atomic E-state index is 13.1. The summed E-state index contributed by atoms with van der Waals surface area (Å²) in [5.41, 5.74) is -0.856. The van der Waals surface area contributed by atoms with Gasteiger partial charge in [-0.2, -0.15) is 13.2 Å². The molecule has 2 aromatic rings. The first-order valence-electron chi connectivity index (χ1n) is 8.47. The normalized spacial score (nSPS) is 17.3. The molecule has 0 unspecified atom stereocenters. The summed E-state index contributed by atoms with van der Waals surface area (Å²) in [5, 5.41) is 4.77. The third kappa shape index (κ3) is 3.82. The highest BCUT2D eigenvalue weighted by atomic mass is 32.2. The average molecular weight is 419 g/mol. The molecule has 3 rings (SSSR count). The van der Waals surface area contributed by atoms with Crippen molar-refractivity contribution in [1.82, 2.24) is 9.59 Å². The van der Waals surface area contributed by atoms with Crippen LogP contribution in [0.3, 0.4) is 0 Å². The number of alkyl halides is 3. The first kappa shape index (κ1) is 20.1. The van der Waals surface area contributed by atoms with Gasteiger partial charge >= 0.3 is 6.18 Å². The van der Waals surface area contributed by atoms with E-state index in [1.54, 1.807) is 20.0 Å². The van der Waals surface area contributed by atoms with E-state index in [-0.39, 0.29) is 10.8 Å². The van der Waals surface area contributed by atoms with Crippen molar-refractivity contribution in [2.24, 2.45) is 5.92 Å². The zero-order valence-electron chi connectivity index (χ0n) is 14.9. The molecule has 0 amide bonds. The van der Waals surface area contributed by atoms with Crippen molar-refractivity contribution in [1.29, 1.82) is 0 Å². The summed E-state index contributed by atoms with van der Waals surface area (Å²) in [5.74, 6) is -0.0954. The Hall–Kier alpha value is -1.68. The van der Waals surface area contributed by atoms with Crippen LogP contribution in [0.25, 0.3) is 0 Å². The number of nitrogens with zero attached hydrogens (tertiary/aromatic N) is 3. The number of benzene rings is 1. The molecular weight excluding hydrogens is 399 g/mol. The van der Waals surface area contributed by atoms with E-state index in [1.807, 2.05) is 0 Å². The molecule has 0 bridgehead atoms. The molecule has 2 heterocycles. The van der Waals surface area contributed by atoms with Crippen LogP contribution in [0.1, 0.15) is 32.3 Å². The lowest BCUT2D eigenvalue weighted by atomic mass is 9.86. The van der Waals surface area contributed by atoms with Crippen molar-refractivity contribution in [3.8, 4) is 0 Å². The molecule has 0 aliphatic carbocycles. The lowest BCUT2D eigenvalue weighted by molar-refractivity contribution is -0.137. The summed E-state index contributed by atoms with van der Waals surface area (Å²) in [6.45, 7) is 4.71. The number of hydrogen-bond acceptors (Lipinski definition) is 6. The SMILES string of the molecule is CC(C)(C1CCN(c2cnns2)CC1)S(=O)(=O)c1ccc(C(F)(F)F)cc1. The second kappa shape index (κ2) is 7.05. The molecule has 0 N–H and O–H groups in total. The van der Waals surface area contributed by atoms with Crippen LogP contribution in [0.2, 0.25) is 0 Å². The fraction of sp³-hybridized carbons (Fsp3) is 0.529. The minimum Gasteiger partial charge on any atom is -0.361 e. The van der Waals surface area contributed by atoms with Crippen LogP contribution >= 0.6 is 11.5 Å². The van der Waals surface area contributed by atoms with Crippen molar-refractivity contribution in [3.05, 3.63) is 36.0 Å². The lowest BCUT2D eigenvalue weighted by Gasteiger charge is -2.40. The fourth-order valence-electron chi connectivity index (χ4n) is 3.44. The van der Waals surface area contributed by atoms with E-state index in [9.17, 15) is 21.6 Å². The summed E-state index contributed by atoms with van der Waals surface area (Å²) in [4.78, 5) is 2.05. The van der Waals surface area contributed by atoms with E-state index in [1.165, 1.54) is 11.5 Å². The summed E-state index contributed by atoms with van der Waals surface area (Å²) in [6.07, 6.45) is -1.46. The van der Waals surface area contributed by atoms with Gasteiger partial charge in [0.25, 0.3) is 0 Å². The van der Waals surface area contributed by atoms with Crippen LogP contribution < -0.4 is 4.90 Å². The minimum atomic E-state index is -4.49. The zero-order valence-corrected chi connectivity index (χ0v) is 16.5. The lowest BCUT2D eigenvalue weighted by Crippen LogP contribution is -2.46. The molecule has 10 heteroatoms. The van der Waals surface area contributed by atoms with Crippen LogP contribution in [0.15, 0.2) is 35.4 Å². The first-order chi connectivity index (χ1) is 12.5. The minimum absolute atomic E-state index is 0.0745. The van der Waals surface area contributed by atoms with E-state index < -0.39 is 26.3 Å². The molecule has 1 aromatic carbocycles. The Morgan fingerprint density at radius 2 is 1.70 bits per heavy atom. The third-order valence-electron chi connectivity index (χ3n) is 5.32. The third-order valence-corrected chi connectivity index (χ3v) is 8.66. The van der Waals surface area contributed by atoms with Gasteiger partial charge in [-0.15, -0.1) is 5.10 Å². The molecule has 1 aliphatic heterocycles. The smallest absolute Gasteiger partial charge is 0.361 e. The van der Waals surface area contributed by atoms with Gasteiger partial charge in [-0.1, -0.05) is 4.49 Å².